The number of carbonyl (C=O) groups excluding carboxylic acids is 1. The lowest BCUT2D eigenvalue weighted by Gasteiger charge is -1.91. The van der Waals surface area contributed by atoms with Crippen molar-refractivity contribution in [1.29, 1.82) is 0 Å². The fraction of sp³-hybridized carbons (Fsp3) is 0.222. The molecule has 13 heavy (non-hydrogen) atoms. The molecule has 0 bridgehead atoms. The molecule has 0 aliphatic heterocycles. The molecule has 70 valence electrons. The molecule has 1 heterocycles. The van der Waals surface area contributed by atoms with Crippen LogP contribution >= 0.6 is 11.3 Å². The summed E-state index contributed by atoms with van der Waals surface area (Å²) in [5.41, 5.74) is 0.546. The Balaban J connectivity index is 2.74. The Morgan fingerprint density at radius 2 is 2.54 bits per heavy atom. The molecule has 0 aromatic carbocycles. The van der Waals surface area contributed by atoms with Gasteiger partial charge >= 0.3 is 5.97 Å². The van der Waals surface area contributed by atoms with Crippen molar-refractivity contribution < 1.29 is 14.6 Å². The van der Waals surface area contributed by atoms with Gasteiger partial charge in [0.05, 0.1) is 19.3 Å². The standard InChI is InChI=1S/C9H10O3S/c1-12-9(11)7-5-8(13-6-7)3-2-4-10/h2-3,5-6,10H,4H2,1H3/b3-2+. The zero-order valence-corrected chi connectivity index (χ0v) is 8.00. The topological polar surface area (TPSA) is 46.5 Å². The van der Waals surface area contributed by atoms with Gasteiger partial charge in [-0.25, -0.2) is 4.79 Å². The average Bonchev–Trinajstić information content (AvgIpc) is 2.62. The summed E-state index contributed by atoms with van der Waals surface area (Å²) in [5.74, 6) is -0.333. The van der Waals surface area contributed by atoms with Gasteiger partial charge in [-0.05, 0) is 12.1 Å². The number of hydrogen-bond donors (Lipinski definition) is 1. The Bertz CT molecular complexity index is 314. The maximum atomic E-state index is 11.0. The molecule has 0 aliphatic rings. The lowest BCUT2D eigenvalue weighted by Crippen LogP contribution is -1.97. The lowest BCUT2D eigenvalue weighted by atomic mass is 10.3. The van der Waals surface area contributed by atoms with Crippen LogP contribution in [0.4, 0.5) is 0 Å². The van der Waals surface area contributed by atoms with E-state index in [4.69, 9.17) is 5.11 Å². The van der Waals surface area contributed by atoms with E-state index in [9.17, 15) is 4.79 Å². The highest BCUT2D eigenvalue weighted by Gasteiger charge is 2.06. The fourth-order valence-electron chi connectivity index (χ4n) is 0.834. The number of ether oxygens (including phenoxy) is 1. The zero-order valence-electron chi connectivity index (χ0n) is 7.19. The number of methoxy groups -OCH3 is 1. The third-order valence-electron chi connectivity index (χ3n) is 1.43. The van der Waals surface area contributed by atoms with Crippen molar-refractivity contribution in [2.24, 2.45) is 0 Å². The molecule has 1 aromatic heterocycles. The van der Waals surface area contributed by atoms with Crippen LogP contribution in [-0.2, 0) is 4.74 Å². The third-order valence-corrected chi connectivity index (χ3v) is 2.33. The van der Waals surface area contributed by atoms with Crippen molar-refractivity contribution >= 4 is 23.4 Å². The quantitative estimate of drug-likeness (QED) is 0.749. The van der Waals surface area contributed by atoms with Crippen LogP contribution in [-0.4, -0.2) is 24.8 Å². The summed E-state index contributed by atoms with van der Waals surface area (Å²) in [6, 6.07) is 1.72. The predicted molar refractivity (Wildman–Crippen MR) is 51.8 cm³/mol. The molecule has 0 unspecified atom stereocenters. The molecule has 1 aromatic rings. The molecule has 0 atom stereocenters. The number of hydrogen-bond acceptors (Lipinski definition) is 4. The van der Waals surface area contributed by atoms with Crippen LogP contribution in [0.5, 0.6) is 0 Å². The highest BCUT2D eigenvalue weighted by Crippen LogP contribution is 2.16. The van der Waals surface area contributed by atoms with Crippen LogP contribution in [0.1, 0.15) is 15.2 Å². The molecule has 1 rings (SSSR count). The van der Waals surface area contributed by atoms with Gasteiger partial charge in [-0.15, -0.1) is 11.3 Å². The third kappa shape index (κ3) is 2.68. The first-order chi connectivity index (χ1) is 6.27. The second-order valence-corrected chi connectivity index (χ2v) is 3.26. The second-order valence-electron chi connectivity index (χ2n) is 2.31. The number of esters is 1. The minimum absolute atomic E-state index is 0.00541. The Morgan fingerprint density at radius 1 is 1.77 bits per heavy atom. The monoisotopic (exact) mass is 198 g/mol. The van der Waals surface area contributed by atoms with Crippen molar-refractivity contribution in [1.82, 2.24) is 0 Å². The van der Waals surface area contributed by atoms with E-state index < -0.39 is 0 Å². The van der Waals surface area contributed by atoms with Crippen molar-refractivity contribution in [2.75, 3.05) is 13.7 Å². The van der Waals surface area contributed by atoms with E-state index in [0.717, 1.165) is 4.88 Å². The smallest absolute Gasteiger partial charge is 0.338 e. The normalized spacial score (nSPS) is 10.6. The van der Waals surface area contributed by atoms with Crippen LogP contribution in [0.15, 0.2) is 17.5 Å². The number of aliphatic hydroxyl groups is 1. The van der Waals surface area contributed by atoms with Gasteiger partial charge in [0.2, 0.25) is 0 Å². The minimum Gasteiger partial charge on any atom is -0.465 e. The number of thiophene rings is 1. The molecular weight excluding hydrogens is 188 g/mol. The van der Waals surface area contributed by atoms with Gasteiger partial charge in [0.15, 0.2) is 0 Å². The van der Waals surface area contributed by atoms with Crippen LogP contribution in [0, 0.1) is 0 Å². The average molecular weight is 198 g/mol. The van der Waals surface area contributed by atoms with Gasteiger partial charge < -0.3 is 9.84 Å². The Kier molecular flexibility index (Phi) is 3.67. The highest BCUT2D eigenvalue weighted by atomic mass is 32.1. The molecular formula is C9H10O3S. The summed E-state index contributed by atoms with van der Waals surface area (Å²) in [5, 5.41) is 10.2. The largest absolute Gasteiger partial charge is 0.465 e. The van der Waals surface area contributed by atoms with Gasteiger partial charge in [0.25, 0.3) is 0 Å². The predicted octanol–water partition coefficient (Wildman–Crippen LogP) is 1.54. The molecule has 1 N–H and O–H groups in total. The summed E-state index contributed by atoms with van der Waals surface area (Å²) < 4.78 is 4.55. The van der Waals surface area contributed by atoms with E-state index in [0.29, 0.717) is 5.56 Å². The van der Waals surface area contributed by atoms with Gasteiger partial charge in [-0.1, -0.05) is 6.08 Å². The van der Waals surface area contributed by atoms with Gasteiger partial charge in [0, 0.05) is 10.3 Å². The van der Waals surface area contributed by atoms with Crippen molar-refractivity contribution in [3.05, 3.63) is 28.0 Å². The van der Waals surface area contributed by atoms with Gasteiger partial charge in [0.1, 0.15) is 0 Å². The van der Waals surface area contributed by atoms with Crippen LogP contribution in [0.3, 0.4) is 0 Å². The van der Waals surface area contributed by atoms with Gasteiger partial charge in [-0.2, -0.15) is 0 Å². The molecule has 0 saturated carbocycles. The van der Waals surface area contributed by atoms with Gasteiger partial charge in [-0.3, -0.25) is 0 Å². The SMILES string of the molecule is COC(=O)c1csc(/C=C/CO)c1. The Hall–Kier alpha value is -1.13. The maximum absolute atomic E-state index is 11.0. The summed E-state index contributed by atoms with van der Waals surface area (Å²) in [4.78, 5) is 11.9. The van der Waals surface area contributed by atoms with Crippen LogP contribution < -0.4 is 0 Å². The summed E-state index contributed by atoms with van der Waals surface area (Å²) >= 11 is 1.43. The van der Waals surface area contributed by atoms with E-state index in [1.165, 1.54) is 18.4 Å². The van der Waals surface area contributed by atoms with E-state index in [2.05, 4.69) is 4.74 Å². The first-order valence-electron chi connectivity index (χ1n) is 3.72. The molecule has 0 saturated heterocycles. The molecule has 0 fully saturated rings. The zero-order chi connectivity index (χ0) is 9.68. The maximum Gasteiger partial charge on any atom is 0.338 e. The molecule has 3 nitrogen and oxygen atoms in total. The lowest BCUT2D eigenvalue weighted by molar-refractivity contribution is 0.0601. The van der Waals surface area contributed by atoms with E-state index >= 15 is 0 Å². The van der Waals surface area contributed by atoms with Crippen LogP contribution in [0.25, 0.3) is 6.08 Å². The molecule has 0 amide bonds. The molecule has 0 spiro atoms. The molecule has 0 aliphatic carbocycles. The first kappa shape index (κ1) is 9.95. The van der Waals surface area contributed by atoms with E-state index in [1.807, 2.05) is 0 Å². The second kappa shape index (κ2) is 4.79. The Labute approximate surface area is 80.3 Å². The minimum atomic E-state index is -0.333. The van der Waals surface area contributed by atoms with Crippen LogP contribution in [0.2, 0.25) is 0 Å². The van der Waals surface area contributed by atoms with Crippen molar-refractivity contribution in [3.8, 4) is 0 Å². The summed E-state index contributed by atoms with van der Waals surface area (Å²) in [7, 11) is 1.35. The fourth-order valence-corrected chi connectivity index (χ4v) is 1.63. The summed E-state index contributed by atoms with van der Waals surface area (Å²) in [6.07, 6.45) is 3.38. The first-order valence-corrected chi connectivity index (χ1v) is 4.60. The summed E-state index contributed by atoms with van der Waals surface area (Å²) in [6.45, 7) is 0.00541. The Morgan fingerprint density at radius 3 is 3.15 bits per heavy atom. The number of rotatable bonds is 3. The van der Waals surface area contributed by atoms with Crippen molar-refractivity contribution in [2.45, 2.75) is 0 Å². The number of carbonyl (C=O) groups is 1. The van der Waals surface area contributed by atoms with E-state index in [-0.39, 0.29) is 12.6 Å². The number of aliphatic hydroxyl groups excluding tert-OH is 1. The van der Waals surface area contributed by atoms with Crippen molar-refractivity contribution in [3.63, 3.8) is 0 Å². The molecule has 0 radical (unpaired) electrons. The van der Waals surface area contributed by atoms with E-state index in [1.54, 1.807) is 23.6 Å². The molecule has 4 heteroatoms. The highest BCUT2D eigenvalue weighted by molar-refractivity contribution is 7.11.